The van der Waals surface area contributed by atoms with Crippen LogP contribution in [0.15, 0.2) is 52.1 Å². The van der Waals surface area contributed by atoms with Crippen molar-refractivity contribution in [3.8, 4) is 0 Å². The van der Waals surface area contributed by atoms with Crippen molar-refractivity contribution in [2.24, 2.45) is 0 Å². The first-order valence-corrected chi connectivity index (χ1v) is 7.87. The van der Waals surface area contributed by atoms with Crippen LogP contribution in [0.3, 0.4) is 0 Å². The Labute approximate surface area is 146 Å². The zero-order valence-corrected chi connectivity index (χ0v) is 13.6. The summed E-state index contributed by atoms with van der Waals surface area (Å²) in [4.78, 5) is 38.0. The maximum Gasteiger partial charge on any atom is 0.316 e. The normalized spacial score (nSPS) is 10.8. The molecule has 0 spiro atoms. The molecule has 0 saturated carbocycles. The molecule has 1 aromatic heterocycles. The third-order valence-electron chi connectivity index (χ3n) is 3.85. The molecule has 8 heteroatoms. The molecular weight excluding hydrogens is 344 g/mol. The van der Waals surface area contributed by atoms with Crippen LogP contribution in [-0.2, 0) is 17.8 Å². The van der Waals surface area contributed by atoms with Crippen LogP contribution < -0.4 is 16.4 Å². The van der Waals surface area contributed by atoms with Gasteiger partial charge in [0.25, 0.3) is 0 Å². The average Bonchev–Trinajstić information content (AvgIpc) is 2.58. The minimum atomic E-state index is -0.866. The number of aromatic nitrogens is 2. The molecule has 6 nitrogen and oxygen atoms in total. The topological polar surface area (TPSA) is 84.0 Å². The van der Waals surface area contributed by atoms with E-state index < -0.39 is 22.8 Å². The van der Waals surface area contributed by atoms with E-state index in [9.17, 15) is 23.2 Å². The lowest BCUT2D eigenvalue weighted by Gasteiger charge is -2.10. The van der Waals surface area contributed by atoms with Gasteiger partial charge in [-0.1, -0.05) is 12.1 Å². The molecule has 0 bridgehead atoms. The Kier molecular flexibility index (Phi) is 4.92. The summed E-state index contributed by atoms with van der Waals surface area (Å²) in [7, 11) is 0. The molecule has 2 aromatic carbocycles. The van der Waals surface area contributed by atoms with Crippen molar-refractivity contribution in [1.82, 2.24) is 14.9 Å². The number of nitrogens with one attached hydrogen (secondary N) is 2. The maximum atomic E-state index is 13.3. The summed E-state index contributed by atoms with van der Waals surface area (Å²) < 4.78 is 27.6. The van der Waals surface area contributed by atoms with Crippen molar-refractivity contribution < 1.29 is 13.6 Å². The van der Waals surface area contributed by atoms with Crippen molar-refractivity contribution in [3.05, 3.63) is 80.4 Å². The highest BCUT2D eigenvalue weighted by atomic mass is 19.1. The number of fused-ring (bicyclic) bond motifs is 1. The van der Waals surface area contributed by atoms with Gasteiger partial charge < -0.3 is 14.9 Å². The Balaban J connectivity index is 1.72. The molecule has 0 aliphatic heterocycles. The van der Waals surface area contributed by atoms with E-state index in [4.69, 9.17) is 0 Å². The summed E-state index contributed by atoms with van der Waals surface area (Å²) in [6.07, 6.45) is -0.00596. The molecule has 1 heterocycles. The van der Waals surface area contributed by atoms with Crippen LogP contribution in [0.25, 0.3) is 11.0 Å². The highest BCUT2D eigenvalue weighted by Crippen LogP contribution is 2.10. The van der Waals surface area contributed by atoms with Crippen LogP contribution in [0.5, 0.6) is 0 Å². The molecule has 0 aliphatic carbocycles. The third-order valence-corrected chi connectivity index (χ3v) is 3.85. The van der Waals surface area contributed by atoms with E-state index in [1.165, 1.54) is 34.9 Å². The van der Waals surface area contributed by atoms with Gasteiger partial charge in [0.15, 0.2) is 0 Å². The van der Waals surface area contributed by atoms with Gasteiger partial charge in [0.2, 0.25) is 5.91 Å². The zero-order chi connectivity index (χ0) is 18.7. The van der Waals surface area contributed by atoms with Crippen LogP contribution in [0.2, 0.25) is 0 Å². The van der Waals surface area contributed by atoms with Gasteiger partial charge in [-0.05, 0) is 35.9 Å². The lowest BCUT2D eigenvalue weighted by molar-refractivity contribution is -0.120. The van der Waals surface area contributed by atoms with E-state index in [1.54, 1.807) is 6.07 Å². The molecule has 3 rings (SSSR count). The molecule has 3 aromatic rings. The fraction of sp³-hybridized carbons (Fsp3) is 0.167. The van der Waals surface area contributed by atoms with Crippen molar-refractivity contribution in [3.63, 3.8) is 0 Å². The van der Waals surface area contributed by atoms with Gasteiger partial charge in [-0.3, -0.25) is 14.4 Å². The Morgan fingerprint density at radius 1 is 1.08 bits per heavy atom. The minimum absolute atomic E-state index is 0.00596. The molecule has 0 aliphatic rings. The summed E-state index contributed by atoms with van der Waals surface area (Å²) in [5.74, 6) is -1.31. The van der Waals surface area contributed by atoms with E-state index in [1.807, 2.05) is 0 Å². The van der Waals surface area contributed by atoms with Gasteiger partial charge in [-0.15, -0.1) is 0 Å². The summed E-state index contributed by atoms with van der Waals surface area (Å²) >= 11 is 0. The maximum absolute atomic E-state index is 13.3. The van der Waals surface area contributed by atoms with Crippen LogP contribution in [-0.4, -0.2) is 22.0 Å². The first-order chi connectivity index (χ1) is 12.4. The monoisotopic (exact) mass is 359 g/mol. The summed E-state index contributed by atoms with van der Waals surface area (Å²) in [6.45, 7) is 0.129. The van der Waals surface area contributed by atoms with Crippen molar-refractivity contribution in [2.45, 2.75) is 13.0 Å². The second-order valence-electron chi connectivity index (χ2n) is 5.73. The Morgan fingerprint density at radius 2 is 1.85 bits per heavy atom. The molecule has 2 N–H and O–H groups in total. The Morgan fingerprint density at radius 3 is 2.62 bits per heavy atom. The van der Waals surface area contributed by atoms with Crippen LogP contribution in [0, 0.1) is 11.6 Å². The number of halogens is 2. The second kappa shape index (κ2) is 7.30. The number of hydrogen-bond donors (Lipinski definition) is 2. The van der Waals surface area contributed by atoms with Crippen molar-refractivity contribution >= 4 is 16.9 Å². The fourth-order valence-electron chi connectivity index (χ4n) is 2.68. The Hall–Kier alpha value is -3.29. The van der Waals surface area contributed by atoms with Gasteiger partial charge in [0.05, 0.1) is 17.5 Å². The number of carbonyl (C=O) groups is 1. The SMILES string of the molecule is O=C(Cc1cccc(F)c1)NCCn1c(=O)c(=O)[nH]c2cc(F)ccc21. The number of hydrogen-bond acceptors (Lipinski definition) is 3. The molecule has 134 valence electrons. The highest BCUT2D eigenvalue weighted by Gasteiger charge is 2.09. The molecule has 0 unspecified atom stereocenters. The Bertz CT molecular complexity index is 1090. The van der Waals surface area contributed by atoms with Gasteiger partial charge in [0, 0.05) is 13.1 Å². The number of benzene rings is 2. The van der Waals surface area contributed by atoms with E-state index in [0.29, 0.717) is 11.1 Å². The summed E-state index contributed by atoms with van der Waals surface area (Å²) in [5, 5.41) is 2.61. The number of nitrogens with zero attached hydrogens (tertiary/aromatic N) is 1. The van der Waals surface area contributed by atoms with Gasteiger partial charge in [-0.2, -0.15) is 0 Å². The standard InChI is InChI=1S/C18H15F2N3O3/c19-12-3-1-2-11(8-12)9-16(24)21-6-7-23-15-5-4-13(20)10-14(15)22-17(25)18(23)26/h1-5,8,10H,6-7,9H2,(H,21,24)(H,22,25). The van der Waals surface area contributed by atoms with Crippen LogP contribution in [0.1, 0.15) is 5.56 Å². The number of amides is 1. The quantitative estimate of drug-likeness (QED) is 0.674. The van der Waals surface area contributed by atoms with E-state index >= 15 is 0 Å². The largest absolute Gasteiger partial charge is 0.354 e. The first kappa shape index (κ1) is 17.5. The molecule has 0 fully saturated rings. The predicted molar refractivity (Wildman–Crippen MR) is 91.9 cm³/mol. The first-order valence-electron chi connectivity index (χ1n) is 7.87. The van der Waals surface area contributed by atoms with Crippen molar-refractivity contribution in [1.29, 1.82) is 0 Å². The lowest BCUT2D eigenvalue weighted by Crippen LogP contribution is -2.39. The predicted octanol–water partition coefficient (Wildman–Crippen LogP) is 1.33. The summed E-state index contributed by atoms with van der Waals surface area (Å²) in [6, 6.07) is 9.38. The van der Waals surface area contributed by atoms with E-state index in [2.05, 4.69) is 10.3 Å². The van der Waals surface area contributed by atoms with Crippen LogP contribution >= 0.6 is 0 Å². The molecule has 0 radical (unpaired) electrons. The lowest BCUT2D eigenvalue weighted by atomic mass is 10.1. The zero-order valence-electron chi connectivity index (χ0n) is 13.6. The second-order valence-corrected chi connectivity index (χ2v) is 5.73. The van der Waals surface area contributed by atoms with Gasteiger partial charge >= 0.3 is 11.1 Å². The molecule has 1 amide bonds. The summed E-state index contributed by atoms with van der Waals surface area (Å²) in [5.41, 5.74) is -0.578. The molecule has 26 heavy (non-hydrogen) atoms. The average molecular weight is 359 g/mol. The number of carbonyl (C=O) groups excluding carboxylic acids is 1. The molecular formula is C18H15F2N3O3. The smallest absolute Gasteiger partial charge is 0.316 e. The number of rotatable bonds is 5. The fourth-order valence-corrected chi connectivity index (χ4v) is 2.68. The molecule has 0 atom stereocenters. The minimum Gasteiger partial charge on any atom is -0.354 e. The van der Waals surface area contributed by atoms with E-state index in [0.717, 1.165) is 6.07 Å². The van der Waals surface area contributed by atoms with Crippen LogP contribution in [0.4, 0.5) is 8.78 Å². The number of H-pyrrole nitrogens is 1. The van der Waals surface area contributed by atoms with Gasteiger partial charge in [0.1, 0.15) is 11.6 Å². The van der Waals surface area contributed by atoms with Gasteiger partial charge in [-0.25, -0.2) is 8.78 Å². The van der Waals surface area contributed by atoms with Crippen molar-refractivity contribution in [2.75, 3.05) is 6.54 Å². The third kappa shape index (κ3) is 3.85. The highest BCUT2D eigenvalue weighted by molar-refractivity contribution is 5.78. The van der Waals surface area contributed by atoms with E-state index in [-0.39, 0.29) is 30.9 Å². The number of aromatic amines is 1. The molecule has 0 saturated heterocycles.